The number of esters is 1. The highest BCUT2D eigenvalue weighted by Gasteiger charge is 2.11. The summed E-state index contributed by atoms with van der Waals surface area (Å²) < 4.78 is 6.26. The molecule has 0 aliphatic rings. The molecule has 18 heavy (non-hydrogen) atoms. The topological polar surface area (TPSA) is 64.3 Å². The number of rotatable bonds is 3. The van der Waals surface area contributed by atoms with Crippen LogP contribution in [0, 0.1) is 0 Å². The number of aliphatic hydroxyl groups is 1. The molecule has 0 saturated heterocycles. The Morgan fingerprint density at radius 3 is 2.61 bits per heavy atom. The van der Waals surface area contributed by atoms with Gasteiger partial charge in [-0.15, -0.1) is 0 Å². The molecule has 0 aliphatic heterocycles. The molecule has 0 amide bonds. The second-order valence-electron chi connectivity index (χ2n) is 3.86. The minimum Gasteiger partial charge on any atom is -0.465 e. The van der Waals surface area contributed by atoms with E-state index in [4.69, 9.17) is 0 Å². The number of hydrogen-bond acceptors (Lipinski definition) is 4. The van der Waals surface area contributed by atoms with Crippen molar-refractivity contribution in [3.05, 3.63) is 41.7 Å². The number of benzene rings is 1. The molecule has 94 valence electrons. The molecule has 0 bridgehead atoms. The van der Waals surface area contributed by atoms with Crippen molar-refractivity contribution in [2.75, 3.05) is 7.11 Å². The molecular formula is C13H14N2O3. The Morgan fingerprint density at radius 1 is 1.39 bits per heavy atom. The molecule has 5 heteroatoms. The van der Waals surface area contributed by atoms with Crippen molar-refractivity contribution >= 4 is 5.97 Å². The van der Waals surface area contributed by atoms with Crippen molar-refractivity contribution in [2.24, 2.45) is 7.05 Å². The summed E-state index contributed by atoms with van der Waals surface area (Å²) in [6.07, 6.45) is 1.69. The summed E-state index contributed by atoms with van der Waals surface area (Å²) in [6.45, 7) is -0.0788. The van der Waals surface area contributed by atoms with E-state index < -0.39 is 0 Å². The number of hydrogen-bond donors (Lipinski definition) is 1. The molecule has 0 aliphatic carbocycles. The van der Waals surface area contributed by atoms with Gasteiger partial charge in [0.05, 0.1) is 31.2 Å². The van der Waals surface area contributed by atoms with Gasteiger partial charge in [-0.25, -0.2) is 4.79 Å². The van der Waals surface area contributed by atoms with Crippen LogP contribution < -0.4 is 0 Å². The van der Waals surface area contributed by atoms with Crippen molar-refractivity contribution in [2.45, 2.75) is 6.61 Å². The Morgan fingerprint density at radius 2 is 2.06 bits per heavy atom. The zero-order valence-corrected chi connectivity index (χ0v) is 10.3. The van der Waals surface area contributed by atoms with Gasteiger partial charge in [0, 0.05) is 12.6 Å². The molecule has 0 saturated carbocycles. The third kappa shape index (κ3) is 2.12. The molecular weight excluding hydrogens is 232 g/mol. The van der Waals surface area contributed by atoms with Gasteiger partial charge in [-0.2, -0.15) is 5.10 Å². The lowest BCUT2D eigenvalue weighted by Gasteiger charge is -2.04. The van der Waals surface area contributed by atoms with E-state index in [2.05, 4.69) is 9.84 Å². The highest BCUT2D eigenvalue weighted by atomic mass is 16.5. The van der Waals surface area contributed by atoms with E-state index in [0.29, 0.717) is 5.56 Å². The van der Waals surface area contributed by atoms with Gasteiger partial charge in [-0.05, 0) is 17.7 Å². The van der Waals surface area contributed by atoms with Crippen LogP contribution in [0.25, 0.3) is 11.1 Å². The van der Waals surface area contributed by atoms with Crippen LogP contribution in [0.4, 0.5) is 0 Å². The first-order valence-electron chi connectivity index (χ1n) is 5.48. The maximum Gasteiger partial charge on any atom is 0.337 e. The van der Waals surface area contributed by atoms with Crippen LogP contribution in [-0.2, 0) is 18.4 Å². The van der Waals surface area contributed by atoms with Gasteiger partial charge in [0.1, 0.15) is 0 Å². The summed E-state index contributed by atoms with van der Waals surface area (Å²) in [4.78, 5) is 11.3. The number of nitrogens with zero attached hydrogens (tertiary/aromatic N) is 2. The molecule has 0 fully saturated rings. The van der Waals surface area contributed by atoms with Crippen molar-refractivity contribution in [3.8, 4) is 11.1 Å². The Bertz CT molecular complexity index is 558. The van der Waals surface area contributed by atoms with Crippen LogP contribution in [0.2, 0.25) is 0 Å². The smallest absolute Gasteiger partial charge is 0.337 e. The van der Waals surface area contributed by atoms with E-state index in [1.165, 1.54) is 7.11 Å². The first kappa shape index (κ1) is 12.3. The maximum atomic E-state index is 11.3. The highest BCUT2D eigenvalue weighted by Crippen LogP contribution is 2.23. The average molecular weight is 246 g/mol. The van der Waals surface area contributed by atoms with E-state index in [1.54, 1.807) is 30.1 Å². The van der Waals surface area contributed by atoms with Crippen LogP contribution in [0.5, 0.6) is 0 Å². The summed E-state index contributed by atoms with van der Waals surface area (Å²) in [5.41, 5.74) is 2.99. The molecule has 1 heterocycles. The summed E-state index contributed by atoms with van der Waals surface area (Å²) in [5, 5.41) is 13.4. The lowest BCUT2D eigenvalue weighted by molar-refractivity contribution is 0.0601. The maximum absolute atomic E-state index is 11.3. The quantitative estimate of drug-likeness (QED) is 0.831. The number of ether oxygens (including phenoxy) is 1. The van der Waals surface area contributed by atoms with Gasteiger partial charge in [-0.1, -0.05) is 12.1 Å². The Balaban J connectivity index is 2.37. The van der Waals surface area contributed by atoms with Crippen molar-refractivity contribution in [1.29, 1.82) is 0 Å². The molecule has 2 rings (SSSR count). The number of methoxy groups -OCH3 is 1. The van der Waals surface area contributed by atoms with E-state index in [0.717, 1.165) is 16.8 Å². The molecule has 1 aromatic carbocycles. The third-order valence-electron chi connectivity index (χ3n) is 2.83. The fraction of sp³-hybridized carbons (Fsp3) is 0.231. The normalized spacial score (nSPS) is 10.4. The standard InChI is InChI=1S/C13H14N2O3/c1-15-12(8-16)11(7-14-15)9-3-5-10(6-4-9)13(17)18-2/h3-7,16H,8H2,1-2H3. The van der Waals surface area contributed by atoms with Crippen LogP contribution in [0.15, 0.2) is 30.5 Å². The third-order valence-corrected chi connectivity index (χ3v) is 2.83. The summed E-state index contributed by atoms with van der Waals surface area (Å²) in [6, 6.07) is 7.00. The number of aliphatic hydroxyl groups excluding tert-OH is 1. The first-order chi connectivity index (χ1) is 8.67. The SMILES string of the molecule is COC(=O)c1ccc(-c2cnn(C)c2CO)cc1. The van der Waals surface area contributed by atoms with Gasteiger partial charge in [-0.3, -0.25) is 4.68 Å². The zero-order chi connectivity index (χ0) is 13.1. The minimum atomic E-state index is -0.366. The van der Waals surface area contributed by atoms with Gasteiger partial charge in [0.25, 0.3) is 0 Å². The van der Waals surface area contributed by atoms with Crippen LogP contribution in [-0.4, -0.2) is 28.0 Å². The Labute approximate surface area is 105 Å². The zero-order valence-electron chi connectivity index (χ0n) is 10.3. The van der Waals surface area contributed by atoms with Crippen molar-refractivity contribution < 1.29 is 14.6 Å². The van der Waals surface area contributed by atoms with E-state index >= 15 is 0 Å². The number of carbonyl (C=O) groups is 1. The van der Waals surface area contributed by atoms with Gasteiger partial charge in [0.15, 0.2) is 0 Å². The van der Waals surface area contributed by atoms with Crippen molar-refractivity contribution in [3.63, 3.8) is 0 Å². The summed E-state index contributed by atoms with van der Waals surface area (Å²) in [7, 11) is 3.12. The molecule has 0 radical (unpaired) electrons. The number of aromatic nitrogens is 2. The lowest BCUT2D eigenvalue weighted by atomic mass is 10.0. The van der Waals surface area contributed by atoms with Gasteiger partial charge < -0.3 is 9.84 Å². The first-order valence-corrected chi connectivity index (χ1v) is 5.48. The van der Waals surface area contributed by atoms with Crippen LogP contribution in [0.1, 0.15) is 16.1 Å². The summed E-state index contributed by atoms with van der Waals surface area (Å²) in [5.74, 6) is -0.366. The lowest BCUT2D eigenvalue weighted by Crippen LogP contribution is -2.01. The van der Waals surface area contributed by atoms with E-state index in [9.17, 15) is 9.90 Å². The second kappa shape index (κ2) is 5.01. The van der Waals surface area contributed by atoms with Crippen LogP contribution in [0.3, 0.4) is 0 Å². The fourth-order valence-electron chi connectivity index (χ4n) is 1.80. The fourth-order valence-corrected chi connectivity index (χ4v) is 1.80. The Kier molecular flexibility index (Phi) is 3.43. The van der Waals surface area contributed by atoms with E-state index in [1.807, 2.05) is 12.1 Å². The average Bonchev–Trinajstić information content (AvgIpc) is 2.79. The van der Waals surface area contributed by atoms with Gasteiger partial charge >= 0.3 is 5.97 Å². The molecule has 5 nitrogen and oxygen atoms in total. The van der Waals surface area contributed by atoms with Crippen LogP contribution >= 0.6 is 0 Å². The van der Waals surface area contributed by atoms with Gasteiger partial charge in [0.2, 0.25) is 0 Å². The molecule has 1 N–H and O–H groups in total. The molecule has 0 spiro atoms. The highest BCUT2D eigenvalue weighted by molar-refractivity contribution is 5.90. The minimum absolute atomic E-state index is 0.0788. The molecule has 2 aromatic rings. The monoisotopic (exact) mass is 246 g/mol. The van der Waals surface area contributed by atoms with E-state index in [-0.39, 0.29) is 12.6 Å². The predicted molar refractivity (Wildman–Crippen MR) is 65.9 cm³/mol. The second-order valence-corrected chi connectivity index (χ2v) is 3.86. The molecule has 0 unspecified atom stereocenters. The largest absolute Gasteiger partial charge is 0.465 e. The Hall–Kier alpha value is -2.14. The predicted octanol–water partition coefficient (Wildman–Crippen LogP) is 1.37. The molecule has 1 aromatic heterocycles. The number of aryl methyl sites for hydroxylation is 1. The summed E-state index contributed by atoms with van der Waals surface area (Å²) >= 11 is 0. The van der Waals surface area contributed by atoms with Crippen molar-refractivity contribution in [1.82, 2.24) is 9.78 Å². The number of carbonyl (C=O) groups excluding carboxylic acids is 1. The molecule has 0 atom stereocenters.